The van der Waals surface area contributed by atoms with Crippen LogP contribution in [-0.2, 0) is 19.1 Å². The second-order valence-electron chi connectivity index (χ2n) is 4.46. The molecule has 0 aliphatic rings. The molecule has 0 atom stereocenters. The molecule has 1 aromatic rings. The SMILES string of the molecule is COC(=O)CCN(CCC(=O)OC)c1cc(Br)ccc1OC. The number of methoxy groups -OCH3 is 3. The average molecular weight is 374 g/mol. The molecule has 122 valence electrons. The van der Waals surface area contributed by atoms with Crippen LogP contribution in [0.4, 0.5) is 5.69 Å². The predicted octanol–water partition coefficient (Wildman–Crippen LogP) is 2.39. The molecule has 0 heterocycles. The minimum Gasteiger partial charge on any atom is -0.495 e. The van der Waals surface area contributed by atoms with E-state index in [9.17, 15) is 9.59 Å². The molecule has 0 aromatic heterocycles. The molecule has 1 rings (SSSR count). The Labute approximate surface area is 138 Å². The van der Waals surface area contributed by atoms with Crippen LogP contribution in [0.5, 0.6) is 5.75 Å². The third-order valence-electron chi connectivity index (χ3n) is 3.11. The number of rotatable bonds is 8. The Kier molecular flexibility index (Phi) is 7.73. The first-order chi connectivity index (χ1) is 10.5. The van der Waals surface area contributed by atoms with Gasteiger partial charge < -0.3 is 19.1 Å². The highest BCUT2D eigenvalue weighted by atomic mass is 79.9. The van der Waals surface area contributed by atoms with E-state index in [-0.39, 0.29) is 24.8 Å². The number of esters is 2. The summed E-state index contributed by atoms with van der Waals surface area (Å²) in [5.74, 6) is 0.0481. The quantitative estimate of drug-likeness (QED) is 0.651. The highest BCUT2D eigenvalue weighted by molar-refractivity contribution is 9.10. The highest BCUT2D eigenvalue weighted by Crippen LogP contribution is 2.31. The van der Waals surface area contributed by atoms with E-state index in [1.54, 1.807) is 7.11 Å². The van der Waals surface area contributed by atoms with Crippen LogP contribution < -0.4 is 9.64 Å². The largest absolute Gasteiger partial charge is 0.495 e. The maximum absolute atomic E-state index is 11.4. The zero-order chi connectivity index (χ0) is 16.5. The molecule has 0 unspecified atom stereocenters. The first kappa shape index (κ1) is 18.3. The van der Waals surface area contributed by atoms with Crippen molar-refractivity contribution >= 4 is 33.6 Å². The summed E-state index contributed by atoms with van der Waals surface area (Å²) in [6.45, 7) is 0.826. The van der Waals surface area contributed by atoms with Gasteiger partial charge in [0.1, 0.15) is 5.75 Å². The minimum atomic E-state index is -0.308. The summed E-state index contributed by atoms with van der Waals surface area (Å²) in [5, 5.41) is 0. The molecule has 0 saturated heterocycles. The lowest BCUT2D eigenvalue weighted by atomic mass is 10.2. The van der Waals surface area contributed by atoms with E-state index in [0.717, 1.165) is 10.2 Å². The fraction of sp³-hybridized carbons (Fsp3) is 0.467. The number of nitrogens with zero attached hydrogens (tertiary/aromatic N) is 1. The van der Waals surface area contributed by atoms with Crippen LogP contribution >= 0.6 is 15.9 Å². The second kappa shape index (κ2) is 9.30. The number of carbonyl (C=O) groups excluding carboxylic acids is 2. The molecule has 1 aromatic carbocycles. The van der Waals surface area contributed by atoms with Crippen LogP contribution in [0.25, 0.3) is 0 Å². The van der Waals surface area contributed by atoms with Gasteiger partial charge in [0, 0.05) is 17.6 Å². The summed E-state index contributed by atoms with van der Waals surface area (Å²) in [6, 6.07) is 5.57. The molecule has 0 N–H and O–H groups in total. The standard InChI is InChI=1S/C15H20BrNO5/c1-20-13-5-4-11(16)10-12(13)17(8-6-14(18)21-2)9-7-15(19)22-3/h4-5,10H,6-9H2,1-3H3. The molecular weight excluding hydrogens is 354 g/mol. The van der Waals surface area contributed by atoms with Gasteiger partial charge in [-0.25, -0.2) is 0 Å². The molecule has 0 spiro atoms. The van der Waals surface area contributed by atoms with E-state index in [2.05, 4.69) is 25.4 Å². The number of benzene rings is 1. The van der Waals surface area contributed by atoms with Crippen LogP contribution in [0.15, 0.2) is 22.7 Å². The van der Waals surface area contributed by atoms with Crippen molar-refractivity contribution in [3.8, 4) is 5.75 Å². The van der Waals surface area contributed by atoms with Crippen molar-refractivity contribution in [3.63, 3.8) is 0 Å². The van der Waals surface area contributed by atoms with Gasteiger partial charge in [-0.1, -0.05) is 15.9 Å². The van der Waals surface area contributed by atoms with Gasteiger partial charge in [-0.05, 0) is 18.2 Å². The molecule has 0 aliphatic carbocycles. The normalized spacial score (nSPS) is 10.0. The Morgan fingerprint density at radius 3 is 2.05 bits per heavy atom. The molecule has 22 heavy (non-hydrogen) atoms. The Morgan fingerprint density at radius 1 is 1.05 bits per heavy atom. The summed E-state index contributed by atoms with van der Waals surface area (Å²) in [7, 11) is 4.27. The van der Waals surface area contributed by atoms with Crippen LogP contribution in [0.3, 0.4) is 0 Å². The van der Waals surface area contributed by atoms with Crippen molar-refractivity contribution in [1.29, 1.82) is 0 Å². The summed E-state index contributed by atoms with van der Waals surface area (Å²) in [5.41, 5.74) is 0.796. The van der Waals surface area contributed by atoms with Gasteiger partial charge in [0.15, 0.2) is 0 Å². The van der Waals surface area contributed by atoms with Crippen molar-refractivity contribution in [1.82, 2.24) is 0 Å². The Hall–Kier alpha value is -1.76. The summed E-state index contributed by atoms with van der Waals surface area (Å²) in [4.78, 5) is 24.7. The fourth-order valence-electron chi connectivity index (χ4n) is 1.92. The number of halogens is 1. The molecule has 6 nitrogen and oxygen atoms in total. The van der Waals surface area contributed by atoms with E-state index in [1.165, 1.54) is 14.2 Å². The van der Waals surface area contributed by atoms with Crippen LogP contribution in [-0.4, -0.2) is 46.4 Å². The molecular formula is C15H20BrNO5. The molecule has 0 saturated carbocycles. The third kappa shape index (κ3) is 5.55. The summed E-state index contributed by atoms with van der Waals surface area (Å²) < 4.78 is 15.6. The molecule has 0 radical (unpaired) electrons. The second-order valence-corrected chi connectivity index (χ2v) is 5.37. The lowest BCUT2D eigenvalue weighted by Gasteiger charge is -2.26. The number of hydrogen-bond donors (Lipinski definition) is 0. The summed E-state index contributed by atoms with van der Waals surface area (Å²) >= 11 is 3.42. The molecule has 0 fully saturated rings. The predicted molar refractivity (Wildman–Crippen MR) is 86.2 cm³/mol. The number of anilines is 1. The van der Waals surface area contributed by atoms with Gasteiger partial charge in [-0.3, -0.25) is 9.59 Å². The third-order valence-corrected chi connectivity index (χ3v) is 3.60. The zero-order valence-electron chi connectivity index (χ0n) is 12.9. The van der Waals surface area contributed by atoms with Crippen molar-refractivity contribution in [2.45, 2.75) is 12.8 Å². The van der Waals surface area contributed by atoms with Crippen molar-refractivity contribution in [2.24, 2.45) is 0 Å². The monoisotopic (exact) mass is 373 g/mol. The topological polar surface area (TPSA) is 65.1 Å². The Bertz CT molecular complexity index is 501. The maximum atomic E-state index is 11.4. The van der Waals surface area contributed by atoms with Crippen molar-refractivity contribution < 1.29 is 23.8 Å². The fourth-order valence-corrected chi connectivity index (χ4v) is 2.27. The van der Waals surface area contributed by atoms with Gasteiger partial charge in [-0.15, -0.1) is 0 Å². The Balaban J connectivity index is 2.94. The lowest BCUT2D eigenvalue weighted by molar-refractivity contribution is -0.140. The molecule has 7 heteroatoms. The van der Waals surface area contributed by atoms with Crippen LogP contribution in [0, 0.1) is 0 Å². The maximum Gasteiger partial charge on any atom is 0.307 e. The van der Waals surface area contributed by atoms with Gasteiger partial charge in [0.25, 0.3) is 0 Å². The average Bonchev–Trinajstić information content (AvgIpc) is 2.54. The van der Waals surface area contributed by atoms with Gasteiger partial charge >= 0.3 is 11.9 Å². The van der Waals surface area contributed by atoms with E-state index >= 15 is 0 Å². The van der Waals surface area contributed by atoms with E-state index in [1.807, 2.05) is 23.1 Å². The number of ether oxygens (including phenoxy) is 3. The summed E-state index contributed by atoms with van der Waals surface area (Å²) in [6.07, 6.45) is 0.431. The van der Waals surface area contributed by atoms with E-state index in [0.29, 0.717) is 18.8 Å². The van der Waals surface area contributed by atoms with Gasteiger partial charge in [0.2, 0.25) is 0 Å². The van der Waals surface area contributed by atoms with Gasteiger partial charge in [0.05, 0.1) is 39.9 Å². The number of hydrogen-bond acceptors (Lipinski definition) is 6. The first-order valence-corrected chi connectivity index (χ1v) is 7.53. The van der Waals surface area contributed by atoms with E-state index < -0.39 is 0 Å². The smallest absolute Gasteiger partial charge is 0.307 e. The molecule has 0 aliphatic heterocycles. The Morgan fingerprint density at radius 2 is 1.59 bits per heavy atom. The molecule has 0 amide bonds. The minimum absolute atomic E-state index is 0.216. The molecule has 0 bridgehead atoms. The highest BCUT2D eigenvalue weighted by Gasteiger charge is 2.16. The number of carbonyl (C=O) groups is 2. The van der Waals surface area contributed by atoms with Crippen molar-refractivity contribution in [2.75, 3.05) is 39.3 Å². The van der Waals surface area contributed by atoms with Crippen LogP contribution in [0.1, 0.15) is 12.8 Å². The zero-order valence-corrected chi connectivity index (χ0v) is 14.5. The van der Waals surface area contributed by atoms with Crippen molar-refractivity contribution in [3.05, 3.63) is 22.7 Å². The van der Waals surface area contributed by atoms with Gasteiger partial charge in [-0.2, -0.15) is 0 Å². The first-order valence-electron chi connectivity index (χ1n) is 6.74. The lowest BCUT2D eigenvalue weighted by Crippen LogP contribution is -2.29. The van der Waals surface area contributed by atoms with E-state index in [4.69, 9.17) is 4.74 Å². The van der Waals surface area contributed by atoms with Crippen LogP contribution in [0.2, 0.25) is 0 Å².